The van der Waals surface area contributed by atoms with E-state index in [1.165, 1.54) is 10.9 Å². The van der Waals surface area contributed by atoms with Crippen molar-refractivity contribution in [2.75, 3.05) is 6.54 Å². The van der Waals surface area contributed by atoms with Crippen molar-refractivity contribution in [2.24, 2.45) is 5.92 Å². The Labute approximate surface area is 172 Å². The predicted octanol–water partition coefficient (Wildman–Crippen LogP) is 6.07. The summed E-state index contributed by atoms with van der Waals surface area (Å²) in [6.07, 6.45) is 4.36. The molecule has 0 fully saturated rings. The lowest BCUT2D eigenvalue weighted by molar-refractivity contribution is -0.121. The first-order chi connectivity index (χ1) is 13.5. The lowest BCUT2D eigenvalue weighted by Gasteiger charge is -2.19. The van der Waals surface area contributed by atoms with Crippen LogP contribution in [-0.4, -0.2) is 17.4 Å². The van der Waals surface area contributed by atoms with Gasteiger partial charge in [0.05, 0.1) is 0 Å². The second-order valence-corrected chi connectivity index (χ2v) is 8.16. The van der Waals surface area contributed by atoms with Crippen LogP contribution >= 0.6 is 11.6 Å². The number of fused-ring (bicyclic) bond motifs is 1. The number of benzene rings is 2. The van der Waals surface area contributed by atoms with Crippen LogP contribution in [0.25, 0.3) is 10.9 Å². The van der Waals surface area contributed by atoms with Gasteiger partial charge in [-0.3, -0.25) is 4.79 Å². The van der Waals surface area contributed by atoms with Crippen LogP contribution in [0, 0.1) is 5.92 Å². The summed E-state index contributed by atoms with van der Waals surface area (Å²) in [5.74, 6) is 0.543. The number of carbonyl (C=O) groups is 1. The maximum atomic E-state index is 12.7. The molecule has 3 aromatic rings. The van der Waals surface area contributed by atoms with Crippen LogP contribution in [0.3, 0.4) is 0 Å². The lowest BCUT2D eigenvalue weighted by atomic mass is 9.87. The third-order valence-electron chi connectivity index (χ3n) is 5.30. The van der Waals surface area contributed by atoms with Gasteiger partial charge in [0.15, 0.2) is 0 Å². The van der Waals surface area contributed by atoms with Crippen LogP contribution < -0.4 is 5.32 Å². The van der Waals surface area contributed by atoms with Gasteiger partial charge in [0.1, 0.15) is 0 Å². The summed E-state index contributed by atoms with van der Waals surface area (Å²) in [4.78, 5) is 16.1. The molecule has 1 amide bonds. The second-order valence-electron chi connectivity index (χ2n) is 7.75. The summed E-state index contributed by atoms with van der Waals surface area (Å²) in [5.41, 5.74) is 4.55. The Morgan fingerprint density at radius 1 is 1.11 bits per heavy atom. The maximum absolute atomic E-state index is 12.7. The molecule has 2 aromatic carbocycles. The van der Waals surface area contributed by atoms with Gasteiger partial charge in [-0.05, 0) is 41.5 Å². The summed E-state index contributed by atoms with van der Waals surface area (Å²) in [5, 5.41) is 4.94. The zero-order valence-corrected chi connectivity index (χ0v) is 17.6. The summed E-state index contributed by atoms with van der Waals surface area (Å²) in [7, 11) is 0. The molecule has 28 heavy (non-hydrogen) atoms. The lowest BCUT2D eigenvalue weighted by Crippen LogP contribution is -2.27. The van der Waals surface area contributed by atoms with Crippen molar-refractivity contribution in [3.63, 3.8) is 0 Å². The molecule has 3 rings (SSSR count). The molecule has 0 radical (unpaired) electrons. The van der Waals surface area contributed by atoms with E-state index in [9.17, 15) is 4.79 Å². The average Bonchev–Trinajstić information content (AvgIpc) is 3.10. The van der Waals surface area contributed by atoms with E-state index in [4.69, 9.17) is 11.6 Å². The first-order valence-corrected chi connectivity index (χ1v) is 10.5. The fourth-order valence-corrected chi connectivity index (χ4v) is 3.99. The number of hydrogen-bond donors (Lipinski definition) is 2. The van der Waals surface area contributed by atoms with Crippen molar-refractivity contribution in [3.05, 3.63) is 70.4 Å². The largest absolute Gasteiger partial charge is 0.361 e. The summed E-state index contributed by atoms with van der Waals surface area (Å²) >= 11 is 6.53. The Morgan fingerprint density at radius 3 is 2.61 bits per heavy atom. The SMILES string of the molecule is CCc1cccc2c(C(CC(=O)NCCC(C)C)c3ccccc3Cl)c[nH]c12. The van der Waals surface area contributed by atoms with E-state index in [-0.39, 0.29) is 11.8 Å². The minimum Gasteiger partial charge on any atom is -0.361 e. The minimum atomic E-state index is -0.0893. The number of H-pyrrole nitrogens is 1. The summed E-state index contributed by atoms with van der Waals surface area (Å²) in [6.45, 7) is 7.19. The topological polar surface area (TPSA) is 44.9 Å². The number of carbonyl (C=O) groups excluding carboxylic acids is 1. The Hall–Kier alpha value is -2.26. The molecule has 3 nitrogen and oxygen atoms in total. The number of aryl methyl sites for hydroxylation is 1. The van der Waals surface area contributed by atoms with E-state index in [2.05, 4.69) is 49.3 Å². The number of para-hydroxylation sites is 1. The molecule has 0 saturated heterocycles. The summed E-state index contributed by atoms with van der Waals surface area (Å²) < 4.78 is 0. The molecule has 0 aliphatic heterocycles. The van der Waals surface area contributed by atoms with E-state index in [1.54, 1.807) is 0 Å². The molecule has 1 heterocycles. The predicted molar refractivity (Wildman–Crippen MR) is 118 cm³/mol. The minimum absolute atomic E-state index is 0.0616. The van der Waals surface area contributed by atoms with Gasteiger partial charge in [-0.2, -0.15) is 0 Å². The van der Waals surface area contributed by atoms with Gasteiger partial charge >= 0.3 is 0 Å². The molecule has 0 bridgehead atoms. The zero-order valence-electron chi connectivity index (χ0n) is 16.9. The molecule has 0 aliphatic rings. The zero-order chi connectivity index (χ0) is 20.1. The molecule has 0 saturated carbocycles. The van der Waals surface area contributed by atoms with Crippen LogP contribution in [0.5, 0.6) is 0 Å². The fraction of sp³-hybridized carbons (Fsp3) is 0.375. The molecule has 1 atom stereocenters. The van der Waals surface area contributed by atoms with Crippen molar-refractivity contribution in [2.45, 2.75) is 46.0 Å². The highest BCUT2D eigenvalue weighted by Crippen LogP contribution is 2.37. The number of aromatic amines is 1. The third-order valence-corrected chi connectivity index (χ3v) is 5.65. The van der Waals surface area contributed by atoms with Gasteiger partial charge in [-0.15, -0.1) is 0 Å². The van der Waals surface area contributed by atoms with Gasteiger partial charge in [-0.1, -0.05) is 68.8 Å². The number of halogens is 1. The number of hydrogen-bond acceptors (Lipinski definition) is 1. The Kier molecular flexibility index (Phi) is 6.79. The number of amides is 1. The molecule has 2 N–H and O–H groups in total. The van der Waals surface area contributed by atoms with Crippen molar-refractivity contribution >= 4 is 28.4 Å². The average molecular weight is 397 g/mol. The third kappa shape index (κ3) is 4.59. The van der Waals surface area contributed by atoms with E-state index in [0.29, 0.717) is 23.9 Å². The van der Waals surface area contributed by atoms with Gasteiger partial charge in [0, 0.05) is 41.0 Å². The van der Waals surface area contributed by atoms with Crippen LogP contribution in [0.15, 0.2) is 48.7 Å². The Morgan fingerprint density at radius 2 is 1.89 bits per heavy atom. The molecule has 1 aromatic heterocycles. The van der Waals surface area contributed by atoms with E-state index in [1.807, 2.05) is 30.5 Å². The molecular formula is C24H29ClN2O. The quantitative estimate of drug-likeness (QED) is 0.477. The van der Waals surface area contributed by atoms with Gasteiger partial charge < -0.3 is 10.3 Å². The van der Waals surface area contributed by atoms with Crippen molar-refractivity contribution < 1.29 is 4.79 Å². The number of rotatable bonds is 8. The molecule has 1 unspecified atom stereocenters. The van der Waals surface area contributed by atoms with E-state index in [0.717, 1.165) is 29.5 Å². The van der Waals surface area contributed by atoms with Crippen molar-refractivity contribution in [3.8, 4) is 0 Å². The first kappa shape index (κ1) is 20.5. The van der Waals surface area contributed by atoms with Crippen LogP contribution in [0.1, 0.15) is 56.2 Å². The van der Waals surface area contributed by atoms with E-state index >= 15 is 0 Å². The van der Waals surface area contributed by atoms with Crippen LogP contribution in [0.2, 0.25) is 5.02 Å². The van der Waals surface area contributed by atoms with E-state index < -0.39 is 0 Å². The van der Waals surface area contributed by atoms with Crippen LogP contribution in [0.4, 0.5) is 0 Å². The molecule has 148 valence electrons. The van der Waals surface area contributed by atoms with Gasteiger partial charge in [0.25, 0.3) is 0 Å². The number of nitrogens with one attached hydrogen (secondary N) is 2. The normalized spacial score (nSPS) is 12.5. The number of aromatic nitrogens is 1. The fourth-order valence-electron chi connectivity index (χ4n) is 3.72. The molecule has 0 aliphatic carbocycles. The Balaban J connectivity index is 1.96. The highest BCUT2D eigenvalue weighted by Gasteiger charge is 2.23. The van der Waals surface area contributed by atoms with Crippen molar-refractivity contribution in [1.29, 1.82) is 0 Å². The van der Waals surface area contributed by atoms with Crippen molar-refractivity contribution in [1.82, 2.24) is 10.3 Å². The maximum Gasteiger partial charge on any atom is 0.220 e. The smallest absolute Gasteiger partial charge is 0.220 e. The second kappa shape index (κ2) is 9.29. The summed E-state index contributed by atoms with van der Waals surface area (Å²) in [6, 6.07) is 14.2. The van der Waals surface area contributed by atoms with Crippen LogP contribution in [-0.2, 0) is 11.2 Å². The highest BCUT2D eigenvalue weighted by molar-refractivity contribution is 6.31. The standard InChI is InChI=1S/C24H29ClN2O/c1-4-17-8-7-10-19-21(15-27-24(17)19)20(18-9-5-6-11-22(18)25)14-23(28)26-13-12-16(2)3/h5-11,15-16,20,27H,4,12-14H2,1-3H3,(H,26,28). The molecule has 0 spiro atoms. The highest BCUT2D eigenvalue weighted by atomic mass is 35.5. The van der Waals surface area contributed by atoms with Gasteiger partial charge in [0.2, 0.25) is 5.91 Å². The molecular weight excluding hydrogens is 368 g/mol. The first-order valence-electron chi connectivity index (χ1n) is 10.1. The van der Waals surface area contributed by atoms with Gasteiger partial charge in [-0.25, -0.2) is 0 Å². The monoisotopic (exact) mass is 396 g/mol. The Bertz CT molecular complexity index is 945. The molecule has 4 heteroatoms.